The van der Waals surface area contributed by atoms with Crippen LogP contribution in [-0.4, -0.2) is 6.61 Å². The Morgan fingerprint density at radius 2 is 2.05 bits per heavy atom. The number of hydrazine groups is 1. The lowest BCUT2D eigenvalue weighted by atomic mass is 9.93. The van der Waals surface area contributed by atoms with Crippen molar-refractivity contribution in [1.29, 1.82) is 0 Å². The fourth-order valence-corrected chi connectivity index (χ4v) is 2.35. The van der Waals surface area contributed by atoms with Crippen LogP contribution in [0.15, 0.2) is 24.3 Å². The molecular weight excluding hydrogens is 236 g/mol. The van der Waals surface area contributed by atoms with Crippen molar-refractivity contribution in [2.24, 2.45) is 11.8 Å². The highest BCUT2D eigenvalue weighted by Gasteiger charge is 2.14. The number of hydrogen-bond donors (Lipinski definition) is 2. The molecule has 0 fully saturated rings. The van der Waals surface area contributed by atoms with Crippen LogP contribution in [0.2, 0.25) is 0 Å². The molecule has 1 aromatic rings. The lowest BCUT2D eigenvalue weighted by Gasteiger charge is -2.21. The fourth-order valence-electron chi connectivity index (χ4n) is 2.35. The highest BCUT2D eigenvalue weighted by atomic mass is 16.5. The predicted octanol–water partition coefficient (Wildman–Crippen LogP) is 3.81. The van der Waals surface area contributed by atoms with E-state index in [0.29, 0.717) is 5.92 Å². The second kappa shape index (κ2) is 8.94. The van der Waals surface area contributed by atoms with E-state index in [1.165, 1.54) is 18.4 Å². The molecule has 0 saturated heterocycles. The molecule has 0 radical (unpaired) electrons. The van der Waals surface area contributed by atoms with E-state index in [-0.39, 0.29) is 6.04 Å². The van der Waals surface area contributed by atoms with Crippen molar-refractivity contribution in [3.63, 3.8) is 0 Å². The zero-order valence-electron chi connectivity index (χ0n) is 12.5. The van der Waals surface area contributed by atoms with Crippen LogP contribution in [0.3, 0.4) is 0 Å². The number of ether oxygens (including phenoxy) is 1. The average molecular weight is 264 g/mol. The van der Waals surface area contributed by atoms with Gasteiger partial charge >= 0.3 is 0 Å². The maximum absolute atomic E-state index is 5.71. The van der Waals surface area contributed by atoms with Gasteiger partial charge in [-0.15, -0.1) is 0 Å². The Morgan fingerprint density at radius 1 is 1.26 bits per heavy atom. The van der Waals surface area contributed by atoms with Gasteiger partial charge in [-0.1, -0.05) is 45.7 Å². The van der Waals surface area contributed by atoms with Gasteiger partial charge in [0.15, 0.2) is 0 Å². The smallest absolute Gasteiger partial charge is 0.119 e. The molecule has 0 aliphatic heterocycles. The second-order valence-corrected chi connectivity index (χ2v) is 5.27. The molecule has 3 nitrogen and oxygen atoms in total. The number of nitrogens with two attached hydrogens (primary N) is 1. The van der Waals surface area contributed by atoms with E-state index in [4.69, 9.17) is 10.6 Å². The van der Waals surface area contributed by atoms with E-state index in [9.17, 15) is 0 Å². The zero-order chi connectivity index (χ0) is 14.1. The van der Waals surface area contributed by atoms with Gasteiger partial charge in [-0.25, -0.2) is 0 Å². The fraction of sp³-hybridized carbons (Fsp3) is 0.625. The third-order valence-electron chi connectivity index (χ3n) is 3.35. The molecule has 0 saturated carbocycles. The van der Waals surface area contributed by atoms with Crippen molar-refractivity contribution in [2.45, 2.75) is 52.5 Å². The molecule has 0 heterocycles. The molecule has 3 heteroatoms. The van der Waals surface area contributed by atoms with Gasteiger partial charge in [0.05, 0.1) is 6.61 Å². The minimum Gasteiger partial charge on any atom is -0.494 e. The molecule has 108 valence electrons. The van der Waals surface area contributed by atoms with Crippen molar-refractivity contribution in [3.8, 4) is 5.75 Å². The molecule has 0 aromatic heterocycles. The topological polar surface area (TPSA) is 47.3 Å². The first kappa shape index (κ1) is 16.0. The summed E-state index contributed by atoms with van der Waals surface area (Å²) in [6.07, 6.45) is 4.54. The first-order valence-corrected chi connectivity index (χ1v) is 7.40. The number of benzene rings is 1. The molecule has 0 aliphatic carbocycles. The summed E-state index contributed by atoms with van der Waals surface area (Å²) in [7, 11) is 0. The zero-order valence-corrected chi connectivity index (χ0v) is 12.5. The van der Waals surface area contributed by atoms with E-state index in [0.717, 1.165) is 25.2 Å². The van der Waals surface area contributed by atoms with Gasteiger partial charge in [-0.3, -0.25) is 11.3 Å². The summed E-state index contributed by atoms with van der Waals surface area (Å²) < 4.78 is 5.67. The summed E-state index contributed by atoms with van der Waals surface area (Å²) in [5.41, 5.74) is 4.14. The van der Waals surface area contributed by atoms with E-state index < -0.39 is 0 Å². The minimum absolute atomic E-state index is 0.201. The van der Waals surface area contributed by atoms with Gasteiger partial charge in [0, 0.05) is 6.04 Å². The first-order valence-electron chi connectivity index (χ1n) is 7.40. The second-order valence-electron chi connectivity index (χ2n) is 5.27. The van der Waals surface area contributed by atoms with Gasteiger partial charge < -0.3 is 4.74 Å². The molecular formula is C16H28N2O. The largest absolute Gasteiger partial charge is 0.494 e. The standard InChI is InChI=1S/C16H28N2O/c1-4-7-13(3)11-16(18-17)14-8-6-9-15(12-14)19-10-5-2/h6,8-9,12-13,16,18H,4-5,7,10-11,17H2,1-3H3. The molecule has 0 bridgehead atoms. The van der Waals surface area contributed by atoms with Crippen LogP contribution >= 0.6 is 0 Å². The van der Waals surface area contributed by atoms with E-state index in [1.807, 2.05) is 12.1 Å². The molecule has 2 unspecified atom stereocenters. The summed E-state index contributed by atoms with van der Waals surface area (Å²) in [6, 6.07) is 8.45. The van der Waals surface area contributed by atoms with E-state index in [1.54, 1.807) is 0 Å². The molecule has 0 aliphatic rings. The predicted molar refractivity (Wildman–Crippen MR) is 81.0 cm³/mol. The lowest BCUT2D eigenvalue weighted by Crippen LogP contribution is -2.29. The Bertz CT molecular complexity index is 354. The molecule has 0 amide bonds. The Kier molecular flexibility index (Phi) is 7.53. The van der Waals surface area contributed by atoms with Gasteiger partial charge in [-0.05, 0) is 36.5 Å². The highest BCUT2D eigenvalue weighted by molar-refractivity contribution is 5.30. The van der Waals surface area contributed by atoms with Crippen molar-refractivity contribution in [3.05, 3.63) is 29.8 Å². The van der Waals surface area contributed by atoms with Gasteiger partial charge in [0.2, 0.25) is 0 Å². The number of rotatable bonds is 9. The van der Waals surface area contributed by atoms with Crippen molar-refractivity contribution >= 4 is 0 Å². The van der Waals surface area contributed by atoms with Crippen LogP contribution in [0.25, 0.3) is 0 Å². The molecule has 0 spiro atoms. The van der Waals surface area contributed by atoms with E-state index >= 15 is 0 Å². The molecule has 1 aromatic carbocycles. The molecule has 1 rings (SSSR count). The third kappa shape index (κ3) is 5.62. The average Bonchev–Trinajstić information content (AvgIpc) is 2.43. The van der Waals surface area contributed by atoms with E-state index in [2.05, 4.69) is 38.3 Å². The van der Waals surface area contributed by atoms with Crippen molar-refractivity contribution in [2.75, 3.05) is 6.61 Å². The summed E-state index contributed by atoms with van der Waals surface area (Å²) in [5, 5.41) is 0. The Labute approximate surface area is 117 Å². The van der Waals surface area contributed by atoms with Gasteiger partial charge in [0.1, 0.15) is 5.75 Å². The quantitative estimate of drug-likeness (QED) is 0.527. The minimum atomic E-state index is 0.201. The SMILES string of the molecule is CCCOc1cccc(C(CC(C)CCC)NN)c1. The summed E-state index contributed by atoms with van der Waals surface area (Å²) in [6.45, 7) is 7.38. The van der Waals surface area contributed by atoms with Crippen LogP contribution in [0.5, 0.6) is 5.75 Å². The van der Waals surface area contributed by atoms with Gasteiger partial charge in [0.25, 0.3) is 0 Å². The summed E-state index contributed by atoms with van der Waals surface area (Å²) >= 11 is 0. The number of hydrogen-bond acceptors (Lipinski definition) is 3. The first-order chi connectivity index (χ1) is 9.21. The Balaban J connectivity index is 2.68. The molecule has 2 atom stereocenters. The summed E-state index contributed by atoms with van der Waals surface area (Å²) in [4.78, 5) is 0. The number of nitrogens with one attached hydrogen (secondary N) is 1. The van der Waals surface area contributed by atoms with Gasteiger partial charge in [-0.2, -0.15) is 0 Å². The maximum Gasteiger partial charge on any atom is 0.119 e. The monoisotopic (exact) mass is 264 g/mol. The van der Waals surface area contributed by atoms with Crippen LogP contribution < -0.4 is 16.0 Å². The van der Waals surface area contributed by atoms with Crippen LogP contribution in [0.1, 0.15) is 58.1 Å². The third-order valence-corrected chi connectivity index (χ3v) is 3.35. The maximum atomic E-state index is 5.71. The van der Waals surface area contributed by atoms with Crippen LogP contribution in [0, 0.1) is 5.92 Å². The molecule has 19 heavy (non-hydrogen) atoms. The lowest BCUT2D eigenvalue weighted by molar-refractivity contribution is 0.316. The summed E-state index contributed by atoms with van der Waals surface area (Å²) in [5.74, 6) is 7.31. The van der Waals surface area contributed by atoms with Crippen molar-refractivity contribution < 1.29 is 4.74 Å². The highest BCUT2D eigenvalue weighted by Crippen LogP contribution is 2.25. The van der Waals surface area contributed by atoms with Crippen LogP contribution in [0.4, 0.5) is 0 Å². The normalized spacial score (nSPS) is 14.1. The van der Waals surface area contributed by atoms with Crippen LogP contribution in [-0.2, 0) is 0 Å². The Hall–Kier alpha value is -1.06. The molecule has 3 N–H and O–H groups in total. The Morgan fingerprint density at radius 3 is 2.68 bits per heavy atom. The van der Waals surface area contributed by atoms with Crippen molar-refractivity contribution in [1.82, 2.24) is 5.43 Å².